The second kappa shape index (κ2) is 3.81. The molecule has 2 aromatic heterocycles. The fraction of sp³-hybridized carbons (Fsp3) is 0. The zero-order valence-electron chi connectivity index (χ0n) is 8.09. The fourth-order valence-corrected chi connectivity index (χ4v) is 2.44. The SMILES string of the molecule is Clc1cc2nc(-c3ccccc3)sc2nn1. The van der Waals surface area contributed by atoms with Gasteiger partial charge in [-0.3, -0.25) is 0 Å². The number of fused-ring (bicyclic) bond motifs is 1. The summed E-state index contributed by atoms with van der Waals surface area (Å²) >= 11 is 7.28. The minimum Gasteiger partial charge on any atom is -0.234 e. The first-order valence-electron chi connectivity index (χ1n) is 4.68. The Labute approximate surface area is 101 Å². The predicted molar refractivity (Wildman–Crippen MR) is 65.7 cm³/mol. The zero-order chi connectivity index (χ0) is 11.0. The van der Waals surface area contributed by atoms with Crippen LogP contribution in [0, 0.1) is 0 Å². The molecule has 0 bridgehead atoms. The number of thiazole rings is 1. The number of benzene rings is 1. The van der Waals surface area contributed by atoms with Crippen LogP contribution in [0.5, 0.6) is 0 Å². The molecule has 3 nitrogen and oxygen atoms in total. The van der Waals surface area contributed by atoms with Crippen LogP contribution < -0.4 is 0 Å². The Balaban J connectivity index is 2.19. The van der Waals surface area contributed by atoms with Crippen molar-refractivity contribution in [3.05, 3.63) is 41.6 Å². The van der Waals surface area contributed by atoms with E-state index >= 15 is 0 Å². The lowest BCUT2D eigenvalue weighted by molar-refractivity contribution is 1.08. The molecule has 0 aliphatic carbocycles. The summed E-state index contributed by atoms with van der Waals surface area (Å²) in [4.78, 5) is 5.28. The lowest BCUT2D eigenvalue weighted by Gasteiger charge is -1.91. The Morgan fingerprint density at radius 1 is 1.06 bits per heavy atom. The largest absolute Gasteiger partial charge is 0.234 e. The number of hydrogen-bond acceptors (Lipinski definition) is 4. The second-order valence-electron chi connectivity index (χ2n) is 3.24. The van der Waals surface area contributed by atoms with Gasteiger partial charge in [-0.2, -0.15) is 0 Å². The van der Waals surface area contributed by atoms with E-state index < -0.39 is 0 Å². The van der Waals surface area contributed by atoms with E-state index in [2.05, 4.69) is 15.2 Å². The van der Waals surface area contributed by atoms with Crippen molar-refractivity contribution >= 4 is 33.3 Å². The Kier molecular flexibility index (Phi) is 2.31. The van der Waals surface area contributed by atoms with Crippen LogP contribution in [0.4, 0.5) is 0 Å². The maximum Gasteiger partial charge on any atom is 0.166 e. The van der Waals surface area contributed by atoms with Gasteiger partial charge in [0.2, 0.25) is 0 Å². The number of rotatable bonds is 1. The number of aromatic nitrogens is 3. The molecule has 0 saturated heterocycles. The Morgan fingerprint density at radius 2 is 1.88 bits per heavy atom. The van der Waals surface area contributed by atoms with E-state index in [0.29, 0.717) is 5.15 Å². The van der Waals surface area contributed by atoms with E-state index in [1.165, 1.54) is 11.3 Å². The third-order valence-electron chi connectivity index (χ3n) is 2.15. The minimum absolute atomic E-state index is 0.373. The monoisotopic (exact) mass is 247 g/mol. The smallest absolute Gasteiger partial charge is 0.166 e. The molecule has 0 amide bonds. The number of hydrogen-bond donors (Lipinski definition) is 0. The van der Waals surface area contributed by atoms with Gasteiger partial charge >= 0.3 is 0 Å². The molecule has 0 saturated carbocycles. The predicted octanol–water partition coefficient (Wildman–Crippen LogP) is 3.41. The first-order chi connectivity index (χ1) is 7.83. The molecule has 0 spiro atoms. The molecule has 2 heterocycles. The second-order valence-corrected chi connectivity index (χ2v) is 4.61. The van der Waals surface area contributed by atoms with Crippen molar-refractivity contribution in [2.45, 2.75) is 0 Å². The van der Waals surface area contributed by atoms with Crippen LogP contribution in [0.25, 0.3) is 20.9 Å². The molecule has 0 radical (unpaired) electrons. The summed E-state index contributed by atoms with van der Waals surface area (Å²) in [5, 5.41) is 9.11. The Morgan fingerprint density at radius 3 is 2.69 bits per heavy atom. The average molecular weight is 248 g/mol. The first-order valence-corrected chi connectivity index (χ1v) is 5.87. The van der Waals surface area contributed by atoms with E-state index in [1.807, 2.05) is 30.3 Å². The van der Waals surface area contributed by atoms with Gasteiger partial charge in [-0.25, -0.2) is 4.98 Å². The zero-order valence-corrected chi connectivity index (χ0v) is 9.66. The van der Waals surface area contributed by atoms with Crippen molar-refractivity contribution in [2.24, 2.45) is 0 Å². The highest BCUT2D eigenvalue weighted by Gasteiger charge is 2.07. The summed E-state index contributed by atoms with van der Waals surface area (Å²) in [7, 11) is 0. The maximum atomic E-state index is 5.76. The summed E-state index contributed by atoms with van der Waals surface area (Å²) in [5.74, 6) is 0. The van der Waals surface area contributed by atoms with Gasteiger partial charge in [-0.05, 0) is 0 Å². The Bertz CT molecular complexity index is 636. The molecule has 3 aromatic rings. The topological polar surface area (TPSA) is 38.7 Å². The van der Waals surface area contributed by atoms with Crippen molar-refractivity contribution < 1.29 is 0 Å². The molecule has 78 valence electrons. The molecule has 0 fully saturated rings. The van der Waals surface area contributed by atoms with E-state index in [-0.39, 0.29) is 0 Å². The van der Waals surface area contributed by atoms with Crippen LogP contribution in [0.15, 0.2) is 36.4 Å². The van der Waals surface area contributed by atoms with Gasteiger partial charge < -0.3 is 0 Å². The molecule has 0 aliphatic rings. The lowest BCUT2D eigenvalue weighted by atomic mass is 10.2. The lowest BCUT2D eigenvalue weighted by Crippen LogP contribution is -1.80. The van der Waals surface area contributed by atoms with Crippen molar-refractivity contribution in [1.29, 1.82) is 0 Å². The van der Waals surface area contributed by atoms with Crippen LogP contribution in [-0.4, -0.2) is 15.2 Å². The average Bonchev–Trinajstić information content (AvgIpc) is 2.73. The third-order valence-corrected chi connectivity index (χ3v) is 3.34. The Hall–Kier alpha value is -1.52. The highest BCUT2D eigenvalue weighted by atomic mass is 35.5. The normalized spacial score (nSPS) is 10.8. The fourth-order valence-electron chi connectivity index (χ4n) is 1.43. The van der Waals surface area contributed by atoms with Gasteiger partial charge in [0.1, 0.15) is 10.5 Å². The van der Waals surface area contributed by atoms with Crippen molar-refractivity contribution in [2.75, 3.05) is 0 Å². The highest BCUT2D eigenvalue weighted by molar-refractivity contribution is 7.21. The molecule has 1 aromatic carbocycles. The molecular formula is C11H6ClN3S. The molecule has 5 heteroatoms. The summed E-state index contributed by atoms with van der Waals surface area (Å²) in [6.45, 7) is 0. The van der Waals surface area contributed by atoms with Crippen molar-refractivity contribution in [3.63, 3.8) is 0 Å². The first kappa shape index (κ1) is 9.69. The van der Waals surface area contributed by atoms with Gasteiger partial charge in [0.25, 0.3) is 0 Å². The molecular weight excluding hydrogens is 242 g/mol. The third kappa shape index (κ3) is 1.66. The van der Waals surface area contributed by atoms with E-state index in [9.17, 15) is 0 Å². The summed E-state index contributed by atoms with van der Waals surface area (Å²) in [6, 6.07) is 11.7. The van der Waals surface area contributed by atoms with Crippen LogP contribution in [0.3, 0.4) is 0 Å². The van der Waals surface area contributed by atoms with Crippen molar-refractivity contribution in [3.8, 4) is 10.6 Å². The standard InChI is InChI=1S/C11H6ClN3S/c12-9-6-8-11(15-14-9)16-10(13-8)7-4-2-1-3-5-7/h1-6H. The van der Waals surface area contributed by atoms with Gasteiger partial charge in [-0.15, -0.1) is 10.2 Å². The van der Waals surface area contributed by atoms with Gasteiger partial charge in [0.05, 0.1) is 0 Å². The van der Waals surface area contributed by atoms with E-state index in [4.69, 9.17) is 11.6 Å². The molecule has 0 aliphatic heterocycles. The van der Waals surface area contributed by atoms with Crippen LogP contribution in [0.1, 0.15) is 0 Å². The molecule has 3 rings (SSSR count). The maximum absolute atomic E-state index is 5.76. The van der Waals surface area contributed by atoms with Gasteiger partial charge in [0, 0.05) is 11.6 Å². The van der Waals surface area contributed by atoms with Crippen LogP contribution >= 0.6 is 22.9 Å². The number of halogens is 1. The molecule has 0 N–H and O–H groups in total. The van der Waals surface area contributed by atoms with Gasteiger partial charge in [-0.1, -0.05) is 53.3 Å². The quantitative estimate of drug-likeness (QED) is 0.662. The summed E-state index contributed by atoms with van der Waals surface area (Å²) in [6.07, 6.45) is 0. The number of nitrogens with zero attached hydrogens (tertiary/aromatic N) is 3. The summed E-state index contributed by atoms with van der Waals surface area (Å²) in [5.41, 5.74) is 1.88. The van der Waals surface area contributed by atoms with E-state index in [1.54, 1.807) is 6.07 Å². The highest BCUT2D eigenvalue weighted by Crippen LogP contribution is 2.28. The molecule has 0 unspecified atom stereocenters. The van der Waals surface area contributed by atoms with E-state index in [0.717, 1.165) is 20.9 Å². The van der Waals surface area contributed by atoms with Crippen LogP contribution in [0.2, 0.25) is 5.15 Å². The van der Waals surface area contributed by atoms with Gasteiger partial charge in [0.15, 0.2) is 9.98 Å². The van der Waals surface area contributed by atoms with Crippen LogP contribution in [-0.2, 0) is 0 Å². The molecule has 0 atom stereocenters. The minimum atomic E-state index is 0.373. The van der Waals surface area contributed by atoms with Crippen molar-refractivity contribution in [1.82, 2.24) is 15.2 Å². The molecule has 16 heavy (non-hydrogen) atoms. The summed E-state index contributed by atoms with van der Waals surface area (Å²) < 4.78 is 0.